The standard InChI is InChI=1S/C19H25N5O2/c1-24(2)17-11-21-10-16(23-17)14-4-6-15(7-5-14)18(25)22-13-19(26)8-3-9-20-12-19/h4-7,10-11,20,26H,3,8-9,12-13H2,1-2H3,(H,22,25). The van der Waals surface area contributed by atoms with E-state index in [1.54, 1.807) is 24.5 Å². The van der Waals surface area contributed by atoms with Crippen LogP contribution in [-0.2, 0) is 0 Å². The van der Waals surface area contributed by atoms with Crippen molar-refractivity contribution in [2.45, 2.75) is 18.4 Å². The van der Waals surface area contributed by atoms with Crippen molar-refractivity contribution >= 4 is 11.7 Å². The first-order chi connectivity index (χ1) is 12.5. The topological polar surface area (TPSA) is 90.4 Å². The summed E-state index contributed by atoms with van der Waals surface area (Å²) in [6, 6.07) is 7.24. The molecule has 7 nitrogen and oxygen atoms in total. The molecule has 2 heterocycles. The molecule has 0 aliphatic carbocycles. The summed E-state index contributed by atoms with van der Waals surface area (Å²) in [6.07, 6.45) is 5.01. The van der Waals surface area contributed by atoms with Crippen molar-refractivity contribution < 1.29 is 9.90 Å². The van der Waals surface area contributed by atoms with Gasteiger partial charge in [-0.2, -0.15) is 0 Å². The first-order valence-electron chi connectivity index (χ1n) is 8.78. The van der Waals surface area contributed by atoms with Gasteiger partial charge in [0.2, 0.25) is 0 Å². The molecule has 26 heavy (non-hydrogen) atoms. The first kappa shape index (κ1) is 18.3. The Labute approximate surface area is 153 Å². The number of aliphatic hydroxyl groups is 1. The highest BCUT2D eigenvalue weighted by molar-refractivity contribution is 5.94. The molecule has 0 spiro atoms. The largest absolute Gasteiger partial charge is 0.387 e. The number of β-amino-alcohol motifs (C(OH)–C–C–N with tert-alkyl or cyclic N) is 1. The number of piperidine rings is 1. The monoisotopic (exact) mass is 355 g/mol. The maximum atomic E-state index is 12.3. The molecule has 1 amide bonds. The zero-order valence-electron chi connectivity index (χ0n) is 15.2. The molecule has 2 aromatic rings. The summed E-state index contributed by atoms with van der Waals surface area (Å²) in [4.78, 5) is 23.0. The van der Waals surface area contributed by atoms with Crippen LogP contribution in [0.3, 0.4) is 0 Å². The number of carbonyl (C=O) groups is 1. The van der Waals surface area contributed by atoms with E-state index >= 15 is 0 Å². The van der Waals surface area contributed by atoms with Crippen LogP contribution in [0.1, 0.15) is 23.2 Å². The molecule has 7 heteroatoms. The number of anilines is 1. The SMILES string of the molecule is CN(C)c1cncc(-c2ccc(C(=O)NCC3(O)CCCNC3)cc2)n1. The second-order valence-electron chi connectivity index (χ2n) is 6.92. The summed E-state index contributed by atoms with van der Waals surface area (Å²) in [5.41, 5.74) is 1.34. The Morgan fingerprint density at radius 1 is 1.31 bits per heavy atom. The Kier molecular flexibility index (Phi) is 5.49. The van der Waals surface area contributed by atoms with Crippen molar-refractivity contribution in [1.82, 2.24) is 20.6 Å². The lowest BCUT2D eigenvalue weighted by Crippen LogP contribution is -2.52. The molecule has 1 aliphatic heterocycles. The van der Waals surface area contributed by atoms with Crippen molar-refractivity contribution in [2.75, 3.05) is 38.6 Å². The third-order valence-corrected chi connectivity index (χ3v) is 4.55. The van der Waals surface area contributed by atoms with Gasteiger partial charge in [0.05, 0.1) is 23.7 Å². The lowest BCUT2D eigenvalue weighted by Gasteiger charge is -2.32. The molecule has 1 fully saturated rings. The number of nitrogens with zero attached hydrogens (tertiary/aromatic N) is 3. The number of benzene rings is 1. The molecular weight excluding hydrogens is 330 g/mol. The second-order valence-corrected chi connectivity index (χ2v) is 6.92. The van der Waals surface area contributed by atoms with Crippen LogP contribution in [0.5, 0.6) is 0 Å². The Morgan fingerprint density at radius 2 is 2.08 bits per heavy atom. The van der Waals surface area contributed by atoms with E-state index < -0.39 is 5.60 Å². The molecule has 1 atom stereocenters. The normalized spacial score (nSPS) is 19.8. The van der Waals surface area contributed by atoms with Crippen LogP contribution in [0.2, 0.25) is 0 Å². The molecule has 1 aromatic carbocycles. The van der Waals surface area contributed by atoms with Gasteiger partial charge in [-0.1, -0.05) is 12.1 Å². The minimum absolute atomic E-state index is 0.191. The number of rotatable bonds is 5. The molecule has 138 valence electrons. The smallest absolute Gasteiger partial charge is 0.251 e. The van der Waals surface area contributed by atoms with E-state index in [0.29, 0.717) is 18.5 Å². The highest BCUT2D eigenvalue weighted by atomic mass is 16.3. The van der Waals surface area contributed by atoms with Crippen molar-refractivity contribution in [3.8, 4) is 11.3 Å². The van der Waals surface area contributed by atoms with Crippen LogP contribution >= 0.6 is 0 Å². The number of carbonyl (C=O) groups excluding carboxylic acids is 1. The Hall–Kier alpha value is -2.51. The van der Waals surface area contributed by atoms with E-state index in [2.05, 4.69) is 20.6 Å². The summed E-state index contributed by atoms with van der Waals surface area (Å²) in [5.74, 6) is 0.585. The van der Waals surface area contributed by atoms with E-state index in [1.807, 2.05) is 31.1 Å². The van der Waals surface area contributed by atoms with Gasteiger partial charge in [-0.3, -0.25) is 9.78 Å². The predicted molar refractivity (Wildman–Crippen MR) is 101 cm³/mol. The molecule has 0 bridgehead atoms. The maximum Gasteiger partial charge on any atom is 0.251 e. The highest BCUT2D eigenvalue weighted by Gasteiger charge is 2.29. The molecule has 1 saturated heterocycles. The molecule has 0 radical (unpaired) electrons. The van der Waals surface area contributed by atoms with Gasteiger partial charge in [0.1, 0.15) is 5.82 Å². The van der Waals surface area contributed by atoms with Gasteiger partial charge in [0.25, 0.3) is 5.91 Å². The van der Waals surface area contributed by atoms with Gasteiger partial charge >= 0.3 is 0 Å². The minimum Gasteiger partial charge on any atom is -0.387 e. The fourth-order valence-corrected chi connectivity index (χ4v) is 2.95. The van der Waals surface area contributed by atoms with Crippen LogP contribution in [-0.4, -0.2) is 60.3 Å². The average molecular weight is 355 g/mol. The summed E-state index contributed by atoms with van der Waals surface area (Å²) < 4.78 is 0. The Balaban J connectivity index is 1.65. The van der Waals surface area contributed by atoms with Crippen LogP contribution in [0.25, 0.3) is 11.3 Å². The highest BCUT2D eigenvalue weighted by Crippen LogP contribution is 2.19. The second kappa shape index (κ2) is 7.80. The minimum atomic E-state index is -0.865. The number of hydrogen-bond donors (Lipinski definition) is 3. The zero-order chi connectivity index (χ0) is 18.6. The number of amides is 1. The number of hydrogen-bond acceptors (Lipinski definition) is 6. The molecule has 3 rings (SSSR count). The third-order valence-electron chi connectivity index (χ3n) is 4.55. The molecule has 1 aliphatic rings. The fourth-order valence-electron chi connectivity index (χ4n) is 2.95. The third kappa shape index (κ3) is 4.36. The van der Waals surface area contributed by atoms with E-state index in [-0.39, 0.29) is 12.5 Å². The quantitative estimate of drug-likeness (QED) is 0.743. The van der Waals surface area contributed by atoms with Crippen molar-refractivity contribution in [3.63, 3.8) is 0 Å². The zero-order valence-corrected chi connectivity index (χ0v) is 15.2. The Bertz CT molecular complexity index is 755. The fraction of sp³-hybridized carbons (Fsp3) is 0.421. The molecular formula is C19H25N5O2. The van der Waals surface area contributed by atoms with Gasteiger partial charge < -0.3 is 20.6 Å². The summed E-state index contributed by atoms with van der Waals surface area (Å²) >= 11 is 0. The molecule has 3 N–H and O–H groups in total. The predicted octanol–water partition coefficient (Wildman–Crippen LogP) is 1.05. The number of aromatic nitrogens is 2. The van der Waals surface area contributed by atoms with Gasteiger partial charge in [-0.15, -0.1) is 0 Å². The maximum absolute atomic E-state index is 12.3. The van der Waals surface area contributed by atoms with Crippen LogP contribution in [0.4, 0.5) is 5.82 Å². The van der Waals surface area contributed by atoms with E-state index in [4.69, 9.17) is 0 Å². The molecule has 1 aromatic heterocycles. The lowest BCUT2D eigenvalue weighted by atomic mass is 9.94. The first-order valence-corrected chi connectivity index (χ1v) is 8.78. The van der Waals surface area contributed by atoms with Crippen LogP contribution < -0.4 is 15.5 Å². The lowest BCUT2D eigenvalue weighted by molar-refractivity contribution is 0.0170. The van der Waals surface area contributed by atoms with E-state index in [9.17, 15) is 9.90 Å². The summed E-state index contributed by atoms with van der Waals surface area (Å²) in [5, 5.41) is 16.4. The van der Waals surface area contributed by atoms with Crippen molar-refractivity contribution in [1.29, 1.82) is 0 Å². The Morgan fingerprint density at radius 3 is 2.73 bits per heavy atom. The van der Waals surface area contributed by atoms with Crippen LogP contribution in [0.15, 0.2) is 36.7 Å². The van der Waals surface area contributed by atoms with Gasteiger partial charge in [0, 0.05) is 38.3 Å². The average Bonchev–Trinajstić information content (AvgIpc) is 2.67. The van der Waals surface area contributed by atoms with E-state index in [1.165, 1.54) is 0 Å². The van der Waals surface area contributed by atoms with Gasteiger partial charge in [-0.05, 0) is 31.5 Å². The van der Waals surface area contributed by atoms with Gasteiger partial charge in [-0.25, -0.2) is 4.98 Å². The van der Waals surface area contributed by atoms with Gasteiger partial charge in [0.15, 0.2) is 0 Å². The number of nitrogens with one attached hydrogen (secondary N) is 2. The van der Waals surface area contributed by atoms with E-state index in [0.717, 1.165) is 30.0 Å². The van der Waals surface area contributed by atoms with Crippen LogP contribution in [0, 0.1) is 0 Å². The summed E-state index contributed by atoms with van der Waals surface area (Å²) in [6.45, 7) is 1.67. The molecule has 0 saturated carbocycles. The molecule has 1 unspecified atom stereocenters. The summed E-state index contributed by atoms with van der Waals surface area (Å²) in [7, 11) is 3.83. The van der Waals surface area contributed by atoms with Crippen molar-refractivity contribution in [2.24, 2.45) is 0 Å². The van der Waals surface area contributed by atoms with Crippen molar-refractivity contribution in [3.05, 3.63) is 42.2 Å².